The summed E-state index contributed by atoms with van der Waals surface area (Å²) in [6, 6.07) is 6.88. The third-order valence-corrected chi connectivity index (χ3v) is 3.22. The highest BCUT2D eigenvalue weighted by molar-refractivity contribution is 5.93. The largest absolute Gasteiger partial charge is 0.507 e. The lowest BCUT2D eigenvalue weighted by Gasteiger charge is -2.04. The van der Waals surface area contributed by atoms with Crippen molar-refractivity contribution in [1.82, 2.24) is 15.5 Å². The molecule has 1 amide bonds. The second kappa shape index (κ2) is 4.88. The fourth-order valence-electron chi connectivity index (χ4n) is 1.93. The van der Waals surface area contributed by atoms with Crippen LogP contribution in [0.5, 0.6) is 11.5 Å². The zero-order valence-electron chi connectivity index (χ0n) is 11.0. The summed E-state index contributed by atoms with van der Waals surface area (Å²) in [5.41, 5.74) is 1.48. The van der Waals surface area contributed by atoms with E-state index in [1.54, 1.807) is 18.2 Å². The predicted molar refractivity (Wildman–Crippen MR) is 72.7 cm³/mol. The molecule has 3 rings (SSSR count). The number of H-pyrrole nitrogens is 1. The second-order valence-corrected chi connectivity index (χ2v) is 4.80. The highest BCUT2D eigenvalue weighted by Crippen LogP contribution is 2.31. The molecular formula is C14H15N3O3. The molecule has 0 saturated heterocycles. The maximum absolute atomic E-state index is 11.8. The number of phenolic OH excluding ortho intramolecular Hbond substituents is 1. The van der Waals surface area contributed by atoms with Crippen molar-refractivity contribution in [2.45, 2.75) is 18.9 Å². The molecule has 0 aliphatic heterocycles. The molecule has 104 valence electrons. The van der Waals surface area contributed by atoms with Crippen molar-refractivity contribution in [3.05, 3.63) is 30.0 Å². The van der Waals surface area contributed by atoms with E-state index in [0.29, 0.717) is 22.7 Å². The average Bonchev–Trinajstić information content (AvgIpc) is 3.12. The first-order chi connectivity index (χ1) is 9.67. The van der Waals surface area contributed by atoms with Crippen LogP contribution in [0.15, 0.2) is 24.3 Å². The van der Waals surface area contributed by atoms with Crippen molar-refractivity contribution in [2.75, 3.05) is 7.11 Å². The Morgan fingerprint density at radius 3 is 2.90 bits per heavy atom. The summed E-state index contributed by atoms with van der Waals surface area (Å²) in [5.74, 6) is 0.447. The smallest absolute Gasteiger partial charge is 0.272 e. The average molecular weight is 273 g/mol. The highest BCUT2D eigenvalue weighted by atomic mass is 16.5. The molecule has 0 spiro atoms. The van der Waals surface area contributed by atoms with E-state index >= 15 is 0 Å². The normalized spacial score (nSPS) is 14.1. The molecule has 1 aromatic heterocycles. The van der Waals surface area contributed by atoms with Crippen LogP contribution in [-0.2, 0) is 0 Å². The molecule has 6 nitrogen and oxygen atoms in total. The minimum atomic E-state index is -0.192. The minimum Gasteiger partial charge on any atom is -0.507 e. The van der Waals surface area contributed by atoms with Gasteiger partial charge in [0.25, 0.3) is 5.91 Å². The van der Waals surface area contributed by atoms with Gasteiger partial charge in [-0.05, 0) is 31.0 Å². The molecule has 20 heavy (non-hydrogen) atoms. The maximum atomic E-state index is 11.8. The van der Waals surface area contributed by atoms with Crippen molar-refractivity contribution in [3.8, 4) is 22.8 Å². The van der Waals surface area contributed by atoms with E-state index in [2.05, 4.69) is 15.5 Å². The van der Waals surface area contributed by atoms with Crippen LogP contribution in [0.1, 0.15) is 23.3 Å². The monoisotopic (exact) mass is 273 g/mol. The molecule has 6 heteroatoms. The molecular weight excluding hydrogens is 258 g/mol. The number of carbonyl (C=O) groups excluding carboxylic acids is 1. The van der Waals surface area contributed by atoms with Crippen molar-refractivity contribution < 1.29 is 14.6 Å². The van der Waals surface area contributed by atoms with E-state index in [0.717, 1.165) is 12.8 Å². The van der Waals surface area contributed by atoms with Crippen LogP contribution in [0.25, 0.3) is 11.3 Å². The van der Waals surface area contributed by atoms with Crippen LogP contribution in [0.4, 0.5) is 0 Å². The van der Waals surface area contributed by atoms with Gasteiger partial charge in [0.05, 0.1) is 12.8 Å². The van der Waals surface area contributed by atoms with E-state index in [9.17, 15) is 9.90 Å². The quantitative estimate of drug-likeness (QED) is 0.791. The predicted octanol–water partition coefficient (Wildman–Crippen LogP) is 1.68. The van der Waals surface area contributed by atoms with E-state index in [1.165, 1.54) is 13.2 Å². The van der Waals surface area contributed by atoms with Crippen LogP contribution < -0.4 is 10.1 Å². The third kappa shape index (κ3) is 2.45. The Hall–Kier alpha value is -2.50. The van der Waals surface area contributed by atoms with E-state index in [4.69, 9.17) is 4.74 Å². The summed E-state index contributed by atoms with van der Waals surface area (Å²) >= 11 is 0. The molecule has 0 radical (unpaired) electrons. The Morgan fingerprint density at radius 2 is 2.25 bits per heavy atom. The fourth-order valence-corrected chi connectivity index (χ4v) is 1.93. The van der Waals surface area contributed by atoms with E-state index in [1.807, 2.05) is 0 Å². The summed E-state index contributed by atoms with van der Waals surface area (Å²) in [7, 11) is 1.53. The lowest BCUT2D eigenvalue weighted by Crippen LogP contribution is -2.25. The van der Waals surface area contributed by atoms with Gasteiger partial charge in [-0.25, -0.2) is 0 Å². The number of nitrogens with zero attached hydrogens (tertiary/aromatic N) is 1. The van der Waals surface area contributed by atoms with Crippen LogP contribution in [0, 0.1) is 0 Å². The number of aromatic nitrogens is 2. The topological polar surface area (TPSA) is 87.2 Å². The molecule has 1 saturated carbocycles. The molecule has 3 N–H and O–H groups in total. The molecule has 2 aromatic rings. The number of aromatic amines is 1. The molecule has 0 atom stereocenters. The number of hydrogen-bond donors (Lipinski definition) is 3. The number of nitrogens with one attached hydrogen (secondary N) is 2. The third-order valence-electron chi connectivity index (χ3n) is 3.22. The first-order valence-corrected chi connectivity index (χ1v) is 6.41. The van der Waals surface area contributed by atoms with Crippen molar-refractivity contribution in [1.29, 1.82) is 0 Å². The number of carbonyl (C=O) groups is 1. The summed E-state index contributed by atoms with van der Waals surface area (Å²) in [5, 5.41) is 19.6. The number of rotatable bonds is 4. The van der Waals surface area contributed by atoms with Gasteiger partial charge in [-0.3, -0.25) is 9.89 Å². The number of benzene rings is 1. The fraction of sp³-hybridized carbons (Fsp3) is 0.286. The van der Waals surface area contributed by atoms with Crippen molar-refractivity contribution in [2.24, 2.45) is 0 Å². The number of hydrogen-bond acceptors (Lipinski definition) is 4. The summed E-state index contributed by atoms with van der Waals surface area (Å²) < 4.78 is 5.03. The van der Waals surface area contributed by atoms with Gasteiger partial charge in [0.1, 0.15) is 11.5 Å². The second-order valence-electron chi connectivity index (χ2n) is 4.80. The van der Waals surface area contributed by atoms with Gasteiger partial charge < -0.3 is 15.2 Å². The lowest BCUT2D eigenvalue weighted by molar-refractivity contribution is 0.0946. The van der Waals surface area contributed by atoms with E-state index < -0.39 is 0 Å². The molecule has 1 aliphatic carbocycles. The van der Waals surface area contributed by atoms with Crippen LogP contribution in [-0.4, -0.2) is 34.4 Å². The molecule has 1 heterocycles. The zero-order chi connectivity index (χ0) is 14.1. The van der Waals surface area contributed by atoms with Gasteiger partial charge >= 0.3 is 0 Å². The van der Waals surface area contributed by atoms with Gasteiger partial charge in [0.15, 0.2) is 5.69 Å². The standard InChI is InChI=1S/C14H15N3O3/c1-20-9-4-5-10(13(18)6-9)11-7-12(17-16-11)14(19)15-8-2-3-8/h4-8,18H,2-3H2,1H3,(H,15,19)(H,16,17). The first kappa shape index (κ1) is 12.5. The van der Waals surface area contributed by atoms with Gasteiger partial charge in [-0.1, -0.05) is 0 Å². The lowest BCUT2D eigenvalue weighted by atomic mass is 10.1. The molecule has 0 bridgehead atoms. The molecule has 1 fully saturated rings. The molecule has 1 aliphatic rings. The number of aromatic hydroxyl groups is 1. The number of phenols is 1. The van der Waals surface area contributed by atoms with Gasteiger partial charge in [0, 0.05) is 17.7 Å². The Kier molecular flexibility index (Phi) is 3.06. The number of amides is 1. The number of methoxy groups -OCH3 is 1. The Morgan fingerprint density at radius 1 is 1.45 bits per heavy atom. The maximum Gasteiger partial charge on any atom is 0.272 e. The van der Waals surface area contributed by atoms with Gasteiger partial charge in [-0.15, -0.1) is 0 Å². The Balaban J connectivity index is 1.83. The first-order valence-electron chi connectivity index (χ1n) is 6.41. The number of ether oxygens (including phenoxy) is 1. The van der Waals surface area contributed by atoms with Gasteiger partial charge in [0.2, 0.25) is 0 Å². The Bertz CT molecular complexity index is 647. The summed E-state index contributed by atoms with van der Waals surface area (Å²) in [4.78, 5) is 11.8. The molecule has 1 aromatic carbocycles. The van der Waals surface area contributed by atoms with Crippen LogP contribution >= 0.6 is 0 Å². The van der Waals surface area contributed by atoms with Crippen molar-refractivity contribution >= 4 is 5.91 Å². The Labute approximate surface area is 115 Å². The van der Waals surface area contributed by atoms with Crippen LogP contribution in [0.3, 0.4) is 0 Å². The molecule has 0 unspecified atom stereocenters. The van der Waals surface area contributed by atoms with Gasteiger partial charge in [-0.2, -0.15) is 5.10 Å². The van der Waals surface area contributed by atoms with Crippen molar-refractivity contribution in [3.63, 3.8) is 0 Å². The van der Waals surface area contributed by atoms with E-state index in [-0.39, 0.29) is 17.7 Å². The zero-order valence-corrected chi connectivity index (χ0v) is 11.0. The SMILES string of the molecule is COc1ccc(-c2cc(C(=O)NC3CC3)n[nH]2)c(O)c1. The summed E-state index contributed by atoms with van der Waals surface area (Å²) in [6.45, 7) is 0. The summed E-state index contributed by atoms with van der Waals surface area (Å²) in [6.07, 6.45) is 2.06. The minimum absolute atomic E-state index is 0.0714. The highest BCUT2D eigenvalue weighted by Gasteiger charge is 2.25. The van der Waals surface area contributed by atoms with Crippen LogP contribution in [0.2, 0.25) is 0 Å².